The molecular weight excluding hydrogens is 683 g/mol. The van der Waals surface area contributed by atoms with Crippen molar-refractivity contribution in [1.29, 1.82) is 0 Å². The summed E-state index contributed by atoms with van der Waals surface area (Å²) in [6.45, 7) is 10.1. The number of thiazole rings is 1. The van der Waals surface area contributed by atoms with Gasteiger partial charge in [-0.2, -0.15) is 0 Å². The van der Waals surface area contributed by atoms with Crippen LogP contribution in [-0.4, -0.2) is 29.9 Å². The lowest BCUT2D eigenvalue weighted by Gasteiger charge is -2.26. The number of nitrogens with zero attached hydrogens (tertiary/aromatic N) is 2. The quantitative estimate of drug-likeness (QED) is 0.233. The molecule has 0 N–H and O–H groups in total. The number of carbonyl (C=O) groups is 1. The van der Waals surface area contributed by atoms with E-state index in [0.29, 0.717) is 38.5 Å². The first-order valence-corrected chi connectivity index (χ1v) is 14.9. The maximum absolute atomic E-state index is 13.9. The van der Waals surface area contributed by atoms with Crippen LogP contribution in [0.5, 0.6) is 11.5 Å². The van der Waals surface area contributed by atoms with Crippen LogP contribution >= 0.6 is 49.9 Å². The summed E-state index contributed by atoms with van der Waals surface area (Å²) >= 11 is 7.09. The van der Waals surface area contributed by atoms with Gasteiger partial charge in [-0.25, -0.2) is 9.79 Å². The molecule has 3 aromatic rings. The van der Waals surface area contributed by atoms with E-state index in [-0.39, 0.29) is 18.3 Å². The molecular formula is C28H28BrIN2O5S. The van der Waals surface area contributed by atoms with Crippen molar-refractivity contribution in [3.8, 4) is 11.5 Å². The number of fused-ring (bicyclic) bond motifs is 1. The molecule has 10 heteroatoms. The molecule has 0 bridgehead atoms. The summed E-state index contributed by atoms with van der Waals surface area (Å²) in [4.78, 5) is 32.3. The normalized spacial score (nSPS) is 15.4. The number of benzene rings is 2. The standard InChI is InChI=1S/C28H28BrIN2O5S/c1-6-35-25-19(29)12-17(13-20(25)30)14-22-26(33)32-24(18-10-8-9-11-21(18)37-15(3)4)23(27(34)36-7-2)16(5)31-28(32)38-22/h8-15,24H,6-7H2,1-5H3/b22-14+/t24-/m1/s1. The summed E-state index contributed by atoms with van der Waals surface area (Å²) < 4.78 is 21.0. The van der Waals surface area contributed by atoms with E-state index < -0.39 is 12.0 Å². The summed E-state index contributed by atoms with van der Waals surface area (Å²) in [6.07, 6.45) is 1.74. The van der Waals surface area contributed by atoms with Crippen LogP contribution in [0.1, 0.15) is 51.8 Å². The molecule has 0 spiro atoms. The van der Waals surface area contributed by atoms with Crippen molar-refractivity contribution in [2.75, 3.05) is 13.2 Å². The fourth-order valence-electron chi connectivity index (χ4n) is 4.25. The molecule has 0 saturated heterocycles. The first-order valence-electron chi connectivity index (χ1n) is 12.2. The van der Waals surface area contributed by atoms with Crippen molar-refractivity contribution in [1.82, 2.24) is 4.57 Å². The van der Waals surface area contributed by atoms with Crippen molar-refractivity contribution in [3.63, 3.8) is 0 Å². The average molecular weight is 711 g/mol. The lowest BCUT2D eigenvalue weighted by atomic mass is 9.95. The monoisotopic (exact) mass is 710 g/mol. The number of allylic oxidation sites excluding steroid dienone is 1. The van der Waals surface area contributed by atoms with Gasteiger partial charge in [-0.05, 0) is 103 Å². The van der Waals surface area contributed by atoms with E-state index >= 15 is 0 Å². The van der Waals surface area contributed by atoms with Crippen LogP contribution in [0.15, 0.2) is 61.9 Å². The van der Waals surface area contributed by atoms with Gasteiger partial charge >= 0.3 is 5.97 Å². The average Bonchev–Trinajstić information content (AvgIpc) is 3.15. The van der Waals surface area contributed by atoms with Gasteiger partial charge in [-0.1, -0.05) is 29.5 Å². The highest BCUT2D eigenvalue weighted by Crippen LogP contribution is 2.36. The molecule has 1 aromatic heterocycles. The third-order valence-corrected chi connectivity index (χ3v) is 8.07. The molecule has 1 aliphatic rings. The molecule has 0 radical (unpaired) electrons. The van der Waals surface area contributed by atoms with Crippen molar-refractivity contribution in [2.24, 2.45) is 4.99 Å². The Labute approximate surface area is 247 Å². The second-order valence-corrected chi connectivity index (χ2v) is 11.8. The van der Waals surface area contributed by atoms with E-state index in [1.165, 1.54) is 11.3 Å². The van der Waals surface area contributed by atoms with Gasteiger partial charge in [0, 0.05) is 5.56 Å². The highest BCUT2D eigenvalue weighted by Gasteiger charge is 2.35. The molecule has 1 aliphatic heterocycles. The molecule has 2 heterocycles. The molecule has 4 rings (SSSR count). The van der Waals surface area contributed by atoms with E-state index in [1.807, 2.05) is 63.2 Å². The third kappa shape index (κ3) is 5.76. The van der Waals surface area contributed by atoms with Crippen LogP contribution in [0, 0.1) is 3.57 Å². The Morgan fingerprint density at radius 1 is 1.24 bits per heavy atom. The first-order chi connectivity index (χ1) is 18.2. The minimum absolute atomic E-state index is 0.0938. The van der Waals surface area contributed by atoms with E-state index in [9.17, 15) is 9.59 Å². The fraction of sp³-hybridized carbons (Fsp3) is 0.321. The van der Waals surface area contributed by atoms with Crippen LogP contribution < -0.4 is 24.4 Å². The van der Waals surface area contributed by atoms with Gasteiger partial charge in [0.2, 0.25) is 0 Å². The summed E-state index contributed by atoms with van der Waals surface area (Å²) in [5, 5.41) is 0. The van der Waals surface area contributed by atoms with Crippen LogP contribution in [0.2, 0.25) is 0 Å². The fourth-order valence-corrected chi connectivity index (χ4v) is 7.07. The Bertz CT molecular complexity index is 1570. The summed E-state index contributed by atoms with van der Waals surface area (Å²) in [5.74, 6) is 0.865. The predicted molar refractivity (Wildman–Crippen MR) is 161 cm³/mol. The highest BCUT2D eigenvalue weighted by atomic mass is 127. The lowest BCUT2D eigenvalue weighted by Crippen LogP contribution is -2.40. The Balaban J connectivity index is 1.95. The SMILES string of the molecule is CCOC(=O)C1=C(C)N=c2s/c(=C/c3cc(Br)c(OCC)c(I)c3)c(=O)n2[C@@H]1c1ccccc1OC(C)C. The summed E-state index contributed by atoms with van der Waals surface area (Å²) in [5.41, 5.74) is 2.14. The number of halogens is 2. The second-order valence-electron chi connectivity index (χ2n) is 8.75. The predicted octanol–water partition coefficient (Wildman–Crippen LogP) is 5.35. The largest absolute Gasteiger partial charge is 0.492 e. The van der Waals surface area contributed by atoms with Gasteiger partial charge in [0.05, 0.1) is 43.2 Å². The number of ether oxygens (including phenoxy) is 3. The van der Waals surface area contributed by atoms with Gasteiger partial charge in [0.25, 0.3) is 5.56 Å². The number of para-hydroxylation sites is 1. The lowest BCUT2D eigenvalue weighted by molar-refractivity contribution is -0.139. The van der Waals surface area contributed by atoms with Crippen LogP contribution in [0.4, 0.5) is 0 Å². The highest BCUT2D eigenvalue weighted by molar-refractivity contribution is 14.1. The second kappa shape index (κ2) is 12.2. The number of esters is 1. The van der Waals surface area contributed by atoms with Crippen molar-refractivity contribution >= 4 is 61.9 Å². The van der Waals surface area contributed by atoms with Crippen LogP contribution in [0.25, 0.3) is 6.08 Å². The van der Waals surface area contributed by atoms with Gasteiger partial charge in [-0.3, -0.25) is 9.36 Å². The molecule has 0 amide bonds. The van der Waals surface area contributed by atoms with Gasteiger partial charge in [0.1, 0.15) is 17.5 Å². The molecule has 0 saturated carbocycles. The number of hydrogen-bond acceptors (Lipinski definition) is 7. The smallest absolute Gasteiger partial charge is 0.338 e. The number of rotatable bonds is 8. The van der Waals surface area contributed by atoms with Crippen molar-refractivity contribution in [2.45, 2.75) is 46.8 Å². The number of aromatic nitrogens is 1. The van der Waals surface area contributed by atoms with Gasteiger partial charge in [-0.15, -0.1) is 0 Å². The van der Waals surface area contributed by atoms with Crippen molar-refractivity contribution < 1.29 is 19.0 Å². The van der Waals surface area contributed by atoms with Crippen molar-refractivity contribution in [3.05, 3.63) is 86.5 Å². The molecule has 0 aliphatic carbocycles. The van der Waals surface area contributed by atoms with Crippen LogP contribution in [0.3, 0.4) is 0 Å². The zero-order valence-corrected chi connectivity index (χ0v) is 26.3. The number of carbonyl (C=O) groups excluding carboxylic acids is 1. The zero-order valence-electron chi connectivity index (χ0n) is 21.7. The zero-order chi connectivity index (χ0) is 27.6. The Morgan fingerprint density at radius 3 is 2.63 bits per heavy atom. The van der Waals surface area contributed by atoms with E-state index in [0.717, 1.165) is 19.4 Å². The minimum atomic E-state index is -0.741. The third-order valence-electron chi connectivity index (χ3n) is 5.70. The van der Waals surface area contributed by atoms with E-state index in [2.05, 4.69) is 43.5 Å². The molecule has 200 valence electrons. The van der Waals surface area contributed by atoms with Gasteiger partial charge < -0.3 is 14.2 Å². The maximum Gasteiger partial charge on any atom is 0.338 e. The Hall–Kier alpha value is -2.44. The minimum Gasteiger partial charge on any atom is -0.492 e. The molecule has 7 nitrogen and oxygen atoms in total. The number of hydrogen-bond donors (Lipinski definition) is 0. The molecule has 1 atom stereocenters. The first kappa shape index (κ1) is 28.6. The summed E-state index contributed by atoms with van der Waals surface area (Å²) in [7, 11) is 0. The topological polar surface area (TPSA) is 79.1 Å². The van der Waals surface area contributed by atoms with E-state index in [4.69, 9.17) is 14.2 Å². The molecule has 0 unspecified atom stereocenters. The Kier molecular flexibility index (Phi) is 9.15. The summed E-state index contributed by atoms with van der Waals surface area (Å²) in [6, 6.07) is 10.6. The maximum atomic E-state index is 13.9. The van der Waals surface area contributed by atoms with Crippen LogP contribution in [-0.2, 0) is 9.53 Å². The Morgan fingerprint density at radius 2 is 1.97 bits per heavy atom. The van der Waals surface area contributed by atoms with E-state index in [1.54, 1.807) is 18.4 Å². The molecule has 0 fully saturated rings. The molecule has 2 aromatic carbocycles. The van der Waals surface area contributed by atoms with Gasteiger partial charge in [0.15, 0.2) is 4.80 Å². The molecule has 38 heavy (non-hydrogen) atoms.